The van der Waals surface area contributed by atoms with Crippen LogP contribution in [-0.2, 0) is 4.74 Å². The lowest BCUT2D eigenvalue weighted by molar-refractivity contribution is -0.0831. The number of ether oxygens (including phenoxy) is 2. The Balaban J connectivity index is 2.25. The van der Waals surface area contributed by atoms with Crippen LogP contribution >= 0.6 is 0 Å². The van der Waals surface area contributed by atoms with Crippen LogP contribution in [0.1, 0.15) is 32.4 Å². The van der Waals surface area contributed by atoms with Crippen molar-refractivity contribution in [1.29, 1.82) is 0 Å². The zero-order chi connectivity index (χ0) is 14.7. The SMILES string of the molecule is COc1cccc(C(C(C)N)N2C[C@@H](C)O[C@@H](C)C2)c1. The normalized spacial score (nSPS) is 27.1. The molecule has 4 atom stereocenters. The third-order valence-electron chi connectivity index (χ3n) is 3.77. The zero-order valence-corrected chi connectivity index (χ0v) is 12.9. The molecule has 1 saturated heterocycles. The predicted molar refractivity (Wildman–Crippen MR) is 81.0 cm³/mol. The van der Waals surface area contributed by atoms with Crippen LogP contribution < -0.4 is 10.5 Å². The maximum atomic E-state index is 6.26. The highest BCUT2D eigenvalue weighted by Crippen LogP contribution is 2.29. The Labute approximate surface area is 121 Å². The molecule has 1 heterocycles. The topological polar surface area (TPSA) is 47.7 Å². The van der Waals surface area contributed by atoms with Crippen LogP contribution in [0.15, 0.2) is 24.3 Å². The summed E-state index contributed by atoms with van der Waals surface area (Å²) in [4.78, 5) is 2.43. The van der Waals surface area contributed by atoms with E-state index in [1.165, 1.54) is 5.56 Å². The van der Waals surface area contributed by atoms with Gasteiger partial charge < -0.3 is 15.2 Å². The van der Waals surface area contributed by atoms with Crippen LogP contribution in [-0.4, -0.2) is 43.3 Å². The second kappa shape index (κ2) is 6.57. The molecule has 1 aromatic carbocycles. The van der Waals surface area contributed by atoms with Gasteiger partial charge in [0.05, 0.1) is 19.3 Å². The molecule has 0 bridgehead atoms. The quantitative estimate of drug-likeness (QED) is 0.917. The van der Waals surface area contributed by atoms with Gasteiger partial charge in [0.1, 0.15) is 5.75 Å². The monoisotopic (exact) mass is 278 g/mol. The van der Waals surface area contributed by atoms with E-state index in [1.807, 2.05) is 12.1 Å². The van der Waals surface area contributed by atoms with Crippen LogP contribution in [0.25, 0.3) is 0 Å². The molecule has 0 spiro atoms. The minimum atomic E-state index is 0.0552. The van der Waals surface area contributed by atoms with E-state index in [0.717, 1.165) is 18.8 Å². The molecular weight excluding hydrogens is 252 g/mol. The van der Waals surface area contributed by atoms with Crippen LogP contribution in [0, 0.1) is 0 Å². The second-order valence-corrected chi connectivity index (χ2v) is 5.79. The Morgan fingerprint density at radius 3 is 2.50 bits per heavy atom. The number of nitrogens with two attached hydrogens (primary N) is 1. The number of morpholine rings is 1. The van der Waals surface area contributed by atoms with Crippen molar-refractivity contribution in [3.63, 3.8) is 0 Å². The third kappa shape index (κ3) is 3.51. The van der Waals surface area contributed by atoms with Gasteiger partial charge >= 0.3 is 0 Å². The van der Waals surface area contributed by atoms with Gasteiger partial charge in [-0.25, -0.2) is 0 Å². The van der Waals surface area contributed by atoms with Crippen LogP contribution in [0.4, 0.5) is 0 Å². The fourth-order valence-corrected chi connectivity index (χ4v) is 3.12. The van der Waals surface area contributed by atoms with Gasteiger partial charge in [-0.3, -0.25) is 4.90 Å². The first-order valence-corrected chi connectivity index (χ1v) is 7.30. The predicted octanol–water partition coefficient (Wildman–Crippen LogP) is 2.19. The van der Waals surface area contributed by atoms with Crippen molar-refractivity contribution in [2.24, 2.45) is 5.73 Å². The molecule has 0 amide bonds. The summed E-state index contributed by atoms with van der Waals surface area (Å²) >= 11 is 0. The van der Waals surface area contributed by atoms with E-state index >= 15 is 0 Å². The highest BCUT2D eigenvalue weighted by molar-refractivity contribution is 5.31. The van der Waals surface area contributed by atoms with Gasteiger partial charge in [0.25, 0.3) is 0 Å². The average Bonchev–Trinajstić information content (AvgIpc) is 2.37. The van der Waals surface area contributed by atoms with Crippen molar-refractivity contribution in [1.82, 2.24) is 4.90 Å². The van der Waals surface area contributed by atoms with E-state index in [4.69, 9.17) is 15.2 Å². The molecule has 2 unspecified atom stereocenters. The number of nitrogens with zero attached hydrogens (tertiary/aromatic N) is 1. The summed E-state index contributed by atoms with van der Waals surface area (Å²) in [7, 11) is 1.69. The number of methoxy groups -OCH3 is 1. The number of hydrogen-bond acceptors (Lipinski definition) is 4. The largest absolute Gasteiger partial charge is 0.497 e. The summed E-state index contributed by atoms with van der Waals surface area (Å²) in [6, 6.07) is 8.45. The Bertz CT molecular complexity index is 426. The van der Waals surface area contributed by atoms with E-state index in [1.54, 1.807) is 7.11 Å². The van der Waals surface area contributed by atoms with Gasteiger partial charge in [-0.05, 0) is 38.5 Å². The molecule has 4 nitrogen and oxygen atoms in total. The van der Waals surface area contributed by atoms with Gasteiger partial charge in [0, 0.05) is 25.2 Å². The maximum Gasteiger partial charge on any atom is 0.119 e. The molecule has 1 fully saturated rings. The lowest BCUT2D eigenvalue weighted by Gasteiger charge is -2.42. The lowest BCUT2D eigenvalue weighted by atomic mass is 9.97. The molecule has 0 aliphatic carbocycles. The summed E-state index contributed by atoms with van der Waals surface area (Å²) in [6.45, 7) is 8.12. The van der Waals surface area contributed by atoms with Crippen molar-refractivity contribution in [3.8, 4) is 5.75 Å². The fraction of sp³-hybridized carbons (Fsp3) is 0.625. The Hall–Kier alpha value is -1.10. The van der Waals surface area contributed by atoms with E-state index in [2.05, 4.69) is 37.8 Å². The zero-order valence-electron chi connectivity index (χ0n) is 12.9. The van der Waals surface area contributed by atoms with Crippen molar-refractivity contribution in [2.45, 2.75) is 45.1 Å². The van der Waals surface area contributed by atoms with Crippen LogP contribution in [0.5, 0.6) is 5.75 Å². The highest BCUT2D eigenvalue weighted by atomic mass is 16.5. The third-order valence-corrected chi connectivity index (χ3v) is 3.77. The van der Waals surface area contributed by atoms with Crippen LogP contribution in [0.2, 0.25) is 0 Å². The molecule has 4 heteroatoms. The van der Waals surface area contributed by atoms with E-state index in [0.29, 0.717) is 0 Å². The standard InChI is InChI=1S/C16H26N2O2/c1-11-9-18(10-12(2)20-11)16(13(3)17)14-6-5-7-15(8-14)19-4/h5-8,11-13,16H,9-10,17H2,1-4H3/t11-,12+,13?,16?. The van der Waals surface area contributed by atoms with E-state index in [9.17, 15) is 0 Å². The minimum Gasteiger partial charge on any atom is -0.497 e. The molecular formula is C16H26N2O2. The number of hydrogen-bond donors (Lipinski definition) is 1. The van der Waals surface area contributed by atoms with Crippen molar-refractivity contribution in [2.75, 3.05) is 20.2 Å². The lowest BCUT2D eigenvalue weighted by Crippen LogP contribution is -2.50. The van der Waals surface area contributed by atoms with Crippen molar-refractivity contribution in [3.05, 3.63) is 29.8 Å². The number of benzene rings is 1. The molecule has 1 aliphatic rings. The molecule has 2 N–H and O–H groups in total. The summed E-state index contributed by atoms with van der Waals surface area (Å²) < 4.78 is 11.2. The Morgan fingerprint density at radius 1 is 1.30 bits per heavy atom. The van der Waals surface area contributed by atoms with Gasteiger partial charge in [-0.2, -0.15) is 0 Å². The van der Waals surface area contributed by atoms with Gasteiger partial charge in [-0.1, -0.05) is 12.1 Å². The Morgan fingerprint density at radius 2 is 1.95 bits per heavy atom. The number of rotatable bonds is 4. The molecule has 0 aromatic heterocycles. The van der Waals surface area contributed by atoms with E-state index < -0.39 is 0 Å². The second-order valence-electron chi connectivity index (χ2n) is 5.79. The van der Waals surface area contributed by atoms with Crippen molar-refractivity contribution < 1.29 is 9.47 Å². The average molecular weight is 278 g/mol. The van der Waals surface area contributed by atoms with Crippen molar-refractivity contribution >= 4 is 0 Å². The van der Waals surface area contributed by atoms with E-state index in [-0.39, 0.29) is 24.3 Å². The van der Waals surface area contributed by atoms with Crippen LogP contribution in [0.3, 0.4) is 0 Å². The first-order chi connectivity index (χ1) is 9.51. The summed E-state index contributed by atoms with van der Waals surface area (Å²) in [6.07, 6.45) is 0.483. The first kappa shape index (κ1) is 15.3. The Kier molecular flexibility index (Phi) is 5.02. The molecule has 112 valence electrons. The van der Waals surface area contributed by atoms with Gasteiger partial charge in [0.15, 0.2) is 0 Å². The summed E-state index contributed by atoms with van der Waals surface area (Å²) in [5.41, 5.74) is 7.47. The molecule has 1 aliphatic heterocycles. The molecule has 20 heavy (non-hydrogen) atoms. The summed E-state index contributed by atoms with van der Waals surface area (Å²) in [5, 5.41) is 0. The smallest absolute Gasteiger partial charge is 0.119 e. The van der Waals surface area contributed by atoms with Gasteiger partial charge in [0.2, 0.25) is 0 Å². The molecule has 1 aromatic rings. The fourth-order valence-electron chi connectivity index (χ4n) is 3.12. The highest BCUT2D eigenvalue weighted by Gasteiger charge is 2.31. The molecule has 2 rings (SSSR count). The molecule has 0 saturated carbocycles. The maximum absolute atomic E-state index is 6.26. The van der Waals surface area contributed by atoms with Gasteiger partial charge in [-0.15, -0.1) is 0 Å². The minimum absolute atomic E-state index is 0.0552. The first-order valence-electron chi connectivity index (χ1n) is 7.30. The summed E-state index contributed by atoms with van der Waals surface area (Å²) in [5.74, 6) is 0.877. The molecule has 0 radical (unpaired) electrons.